The molecule has 132 valence electrons. The van der Waals surface area contributed by atoms with Gasteiger partial charge in [-0.2, -0.15) is 5.10 Å². The van der Waals surface area contributed by atoms with Gasteiger partial charge >= 0.3 is 0 Å². The van der Waals surface area contributed by atoms with E-state index in [1.165, 1.54) is 6.20 Å². The van der Waals surface area contributed by atoms with Crippen LogP contribution in [0.4, 0.5) is 0 Å². The Morgan fingerprint density at radius 1 is 1.28 bits per heavy atom. The Bertz CT molecular complexity index is 984. The van der Waals surface area contributed by atoms with Crippen LogP contribution in [0.1, 0.15) is 12.6 Å². The van der Waals surface area contributed by atoms with Crippen molar-refractivity contribution in [1.82, 2.24) is 19.5 Å². The molecule has 1 aromatic carbocycles. The Morgan fingerprint density at radius 2 is 2.00 bits per heavy atom. The van der Waals surface area contributed by atoms with Gasteiger partial charge in [-0.05, 0) is 32.0 Å². The summed E-state index contributed by atoms with van der Waals surface area (Å²) >= 11 is 0. The maximum Gasteiger partial charge on any atom is 0.242 e. The molecule has 0 bridgehead atoms. The quantitative estimate of drug-likeness (QED) is 0.727. The van der Waals surface area contributed by atoms with E-state index in [0.29, 0.717) is 11.4 Å². The van der Waals surface area contributed by atoms with E-state index in [4.69, 9.17) is 4.74 Å². The van der Waals surface area contributed by atoms with Crippen LogP contribution >= 0.6 is 0 Å². The molecular weight excluding hydrogens is 340 g/mol. The van der Waals surface area contributed by atoms with Crippen LogP contribution in [-0.2, 0) is 17.1 Å². The van der Waals surface area contributed by atoms with Crippen molar-refractivity contribution >= 4 is 21.1 Å². The molecule has 2 heterocycles. The van der Waals surface area contributed by atoms with Crippen LogP contribution in [-0.4, -0.2) is 35.8 Å². The lowest BCUT2D eigenvalue weighted by Gasteiger charge is -2.15. The molecule has 1 N–H and O–H groups in total. The number of fused-ring (bicyclic) bond motifs is 1. The predicted octanol–water partition coefficient (Wildman–Crippen LogP) is 2.02. The van der Waals surface area contributed by atoms with Gasteiger partial charge in [0.05, 0.1) is 5.69 Å². The van der Waals surface area contributed by atoms with Gasteiger partial charge in [0, 0.05) is 25.2 Å². The third kappa shape index (κ3) is 3.80. The number of aryl methyl sites for hydroxylation is 2. The van der Waals surface area contributed by atoms with Crippen LogP contribution in [0.3, 0.4) is 0 Å². The molecule has 1 atom stereocenters. The molecule has 3 rings (SSSR count). The molecule has 0 spiro atoms. The predicted molar refractivity (Wildman–Crippen MR) is 95.0 cm³/mol. The molecule has 25 heavy (non-hydrogen) atoms. The highest BCUT2D eigenvalue weighted by molar-refractivity contribution is 7.89. The van der Waals surface area contributed by atoms with Crippen LogP contribution in [0, 0.1) is 6.92 Å². The molecule has 0 aliphatic heterocycles. The number of hydrogen-bond acceptors (Lipinski definition) is 5. The van der Waals surface area contributed by atoms with E-state index < -0.39 is 10.0 Å². The lowest BCUT2D eigenvalue weighted by molar-refractivity contribution is 0.225. The molecule has 0 saturated carbocycles. The summed E-state index contributed by atoms with van der Waals surface area (Å²) in [5, 5.41) is 4.97. The van der Waals surface area contributed by atoms with Crippen LogP contribution in [0.2, 0.25) is 0 Å². The second-order valence-electron chi connectivity index (χ2n) is 5.84. The van der Waals surface area contributed by atoms with Crippen molar-refractivity contribution in [3.63, 3.8) is 0 Å². The monoisotopic (exact) mass is 360 g/mol. The average molecular weight is 360 g/mol. The van der Waals surface area contributed by atoms with Gasteiger partial charge in [0.2, 0.25) is 10.0 Å². The second-order valence-corrected chi connectivity index (χ2v) is 7.61. The summed E-state index contributed by atoms with van der Waals surface area (Å²) in [5.74, 6) is 0.697. The van der Waals surface area contributed by atoms with Crippen molar-refractivity contribution in [2.75, 3.05) is 6.54 Å². The van der Waals surface area contributed by atoms with Crippen LogP contribution in [0.5, 0.6) is 5.75 Å². The topological polar surface area (TPSA) is 86.1 Å². The number of sulfonamides is 1. The lowest BCUT2D eigenvalue weighted by Crippen LogP contribution is -2.33. The van der Waals surface area contributed by atoms with E-state index in [0.717, 1.165) is 11.1 Å². The fraction of sp³-hybridized carbons (Fsp3) is 0.294. The molecule has 7 nitrogen and oxygen atoms in total. The summed E-state index contributed by atoms with van der Waals surface area (Å²) in [6.45, 7) is 3.78. The smallest absolute Gasteiger partial charge is 0.242 e. The summed E-state index contributed by atoms with van der Waals surface area (Å²) < 4.78 is 34.9. The van der Waals surface area contributed by atoms with Crippen molar-refractivity contribution in [2.24, 2.45) is 7.05 Å². The first-order valence-electron chi connectivity index (χ1n) is 7.87. The van der Waals surface area contributed by atoms with Gasteiger partial charge in [0.25, 0.3) is 0 Å². The highest BCUT2D eigenvalue weighted by Gasteiger charge is 2.18. The number of ether oxygens (including phenoxy) is 1. The van der Waals surface area contributed by atoms with E-state index in [1.807, 2.05) is 44.2 Å². The summed E-state index contributed by atoms with van der Waals surface area (Å²) in [7, 11) is -1.90. The number of aromatic nitrogens is 3. The molecule has 0 amide bonds. The molecule has 0 aliphatic carbocycles. The van der Waals surface area contributed by atoms with Crippen LogP contribution in [0.25, 0.3) is 11.0 Å². The highest BCUT2D eigenvalue weighted by Crippen LogP contribution is 2.19. The molecule has 0 saturated heterocycles. The zero-order valence-corrected chi connectivity index (χ0v) is 15.1. The first kappa shape index (κ1) is 17.4. The number of hydrogen-bond donors (Lipinski definition) is 1. The van der Waals surface area contributed by atoms with Crippen molar-refractivity contribution in [2.45, 2.75) is 24.8 Å². The van der Waals surface area contributed by atoms with E-state index in [9.17, 15) is 8.42 Å². The number of pyridine rings is 1. The van der Waals surface area contributed by atoms with E-state index >= 15 is 0 Å². The van der Waals surface area contributed by atoms with Crippen molar-refractivity contribution < 1.29 is 13.2 Å². The second kappa shape index (κ2) is 6.81. The van der Waals surface area contributed by atoms with Gasteiger partial charge in [-0.3, -0.25) is 4.68 Å². The van der Waals surface area contributed by atoms with Gasteiger partial charge in [0.1, 0.15) is 16.7 Å². The van der Waals surface area contributed by atoms with Gasteiger partial charge in [-0.25, -0.2) is 18.1 Å². The third-order valence-corrected chi connectivity index (χ3v) is 5.18. The van der Waals surface area contributed by atoms with Crippen molar-refractivity contribution in [1.29, 1.82) is 0 Å². The number of para-hydroxylation sites is 1. The average Bonchev–Trinajstić information content (AvgIpc) is 2.88. The minimum Gasteiger partial charge on any atom is -0.489 e. The maximum atomic E-state index is 12.5. The molecular formula is C17H20N4O3S. The fourth-order valence-corrected chi connectivity index (χ4v) is 3.60. The van der Waals surface area contributed by atoms with E-state index in [1.54, 1.807) is 17.8 Å². The Kier molecular flexibility index (Phi) is 4.73. The highest BCUT2D eigenvalue weighted by atomic mass is 32.2. The summed E-state index contributed by atoms with van der Waals surface area (Å²) in [6, 6.07) is 10.9. The molecule has 1 unspecified atom stereocenters. The Labute approximate surface area is 146 Å². The van der Waals surface area contributed by atoms with Gasteiger partial charge in [0.15, 0.2) is 5.65 Å². The summed E-state index contributed by atoms with van der Waals surface area (Å²) in [4.78, 5) is 4.33. The van der Waals surface area contributed by atoms with E-state index in [2.05, 4.69) is 14.8 Å². The first-order valence-corrected chi connectivity index (χ1v) is 9.36. The number of benzene rings is 1. The SMILES string of the molecule is Cc1nn(C)c2ncc(S(=O)(=O)NCC(C)Oc3ccccc3)cc12. The number of nitrogens with one attached hydrogen (secondary N) is 1. The standard InChI is InChI=1S/C17H20N4O3S/c1-12(24-14-7-5-4-6-8-14)10-19-25(22,23)15-9-16-13(2)20-21(3)17(16)18-11-15/h4-9,11-12,19H,10H2,1-3H3. The number of rotatable bonds is 6. The lowest BCUT2D eigenvalue weighted by atomic mass is 10.3. The Balaban J connectivity index is 1.72. The molecule has 2 aromatic heterocycles. The van der Waals surface area contributed by atoms with Gasteiger partial charge < -0.3 is 4.74 Å². The molecule has 3 aromatic rings. The largest absolute Gasteiger partial charge is 0.489 e. The summed E-state index contributed by atoms with van der Waals surface area (Å²) in [6.07, 6.45) is 1.03. The fourth-order valence-electron chi connectivity index (χ4n) is 2.52. The van der Waals surface area contributed by atoms with Crippen molar-refractivity contribution in [3.8, 4) is 5.75 Å². The summed E-state index contributed by atoms with van der Waals surface area (Å²) in [5.41, 5.74) is 1.39. The Morgan fingerprint density at radius 3 is 2.72 bits per heavy atom. The van der Waals surface area contributed by atoms with Gasteiger partial charge in [-0.1, -0.05) is 18.2 Å². The third-order valence-electron chi connectivity index (χ3n) is 3.79. The minimum absolute atomic E-state index is 0.114. The number of nitrogens with zero attached hydrogens (tertiary/aromatic N) is 3. The van der Waals surface area contributed by atoms with Crippen LogP contribution < -0.4 is 9.46 Å². The molecule has 0 aliphatic rings. The van der Waals surface area contributed by atoms with E-state index in [-0.39, 0.29) is 17.5 Å². The zero-order chi connectivity index (χ0) is 18.0. The normalized spacial score (nSPS) is 13.1. The van der Waals surface area contributed by atoms with Crippen molar-refractivity contribution in [3.05, 3.63) is 48.3 Å². The Hall–Kier alpha value is -2.45. The maximum absolute atomic E-state index is 12.5. The molecule has 8 heteroatoms. The minimum atomic E-state index is -3.68. The first-order chi connectivity index (χ1) is 11.9. The zero-order valence-electron chi connectivity index (χ0n) is 14.3. The van der Waals surface area contributed by atoms with Crippen LogP contribution in [0.15, 0.2) is 47.5 Å². The molecule has 0 fully saturated rings. The molecule has 0 radical (unpaired) electrons. The van der Waals surface area contributed by atoms with Gasteiger partial charge in [-0.15, -0.1) is 0 Å².